The number of ether oxygens (including phenoxy) is 2. The molecular formula is C19H28N2O3. The summed E-state index contributed by atoms with van der Waals surface area (Å²) in [4.78, 5) is 16.7. The van der Waals surface area contributed by atoms with Gasteiger partial charge in [0.2, 0.25) is 5.91 Å². The predicted molar refractivity (Wildman–Crippen MR) is 96.5 cm³/mol. The van der Waals surface area contributed by atoms with E-state index in [1.807, 2.05) is 36.2 Å². The molecule has 0 N–H and O–H groups in total. The van der Waals surface area contributed by atoms with Gasteiger partial charge in [-0.05, 0) is 43.2 Å². The van der Waals surface area contributed by atoms with Crippen LogP contribution in [0.25, 0.3) is 6.08 Å². The monoisotopic (exact) mass is 332 g/mol. The number of hydrogen-bond donors (Lipinski definition) is 0. The molecule has 0 bridgehead atoms. The molecule has 0 aromatic heterocycles. The first kappa shape index (κ1) is 18.3. The zero-order chi connectivity index (χ0) is 17.5. The van der Waals surface area contributed by atoms with Crippen LogP contribution in [0.1, 0.15) is 25.3 Å². The second kappa shape index (κ2) is 8.73. The fourth-order valence-corrected chi connectivity index (χ4v) is 3.01. The van der Waals surface area contributed by atoms with E-state index < -0.39 is 0 Å². The van der Waals surface area contributed by atoms with Gasteiger partial charge in [-0.3, -0.25) is 4.79 Å². The minimum absolute atomic E-state index is 0.0340. The summed E-state index contributed by atoms with van der Waals surface area (Å²) in [6, 6.07) is 5.90. The van der Waals surface area contributed by atoms with Gasteiger partial charge in [0.1, 0.15) is 11.5 Å². The van der Waals surface area contributed by atoms with Gasteiger partial charge in [0.15, 0.2) is 0 Å². The molecule has 1 aromatic rings. The van der Waals surface area contributed by atoms with Gasteiger partial charge in [0, 0.05) is 38.3 Å². The van der Waals surface area contributed by atoms with E-state index in [1.165, 1.54) is 0 Å². The van der Waals surface area contributed by atoms with Gasteiger partial charge in [0.05, 0.1) is 14.2 Å². The molecule has 2 rings (SSSR count). The second-order valence-corrected chi connectivity index (χ2v) is 6.09. The molecule has 5 heteroatoms. The van der Waals surface area contributed by atoms with Crippen molar-refractivity contribution >= 4 is 12.0 Å². The van der Waals surface area contributed by atoms with Crippen molar-refractivity contribution in [1.29, 1.82) is 0 Å². The van der Waals surface area contributed by atoms with Crippen molar-refractivity contribution in [2.45, 2.75) is 25.8 Å². The molecule has 1 aliphatic heterocycles. The van der Waals surface area contributed by atoms with E-state index in [0.717, 1.165) is 38.0 Å². The Hall–Kier alpha value is -2.01. The van der Waals surface area contributed by atoms with Gasteiger partial charge in [-0.2, -0.15) is 0 Å². The Morgan fingerprint density at radius 1 is 1.21 bits per heavy atom. The Morgan fingerprint density at radius 3 is 2.29 bits per heavy atom. The number of carbonyl (C=O) groups is 1. The average molecular weight is 332 g/mol. The molecule has 0 radical (unpaired) electrons. The maximum absolute atomic E-state index is 12.4. The summed E-state index contributed by atoms with van der Waals surface area (Å²) < 4.78 is 10.5. The highest BCUT2D eigenvalue weighted by Crippen LogP contribution is 2.23. The number of amides is 1. The first-order valence-electron chi connectivity index (χ1n) is 8.47. The molecule has 0 unspecified atom stereocenters. The molecule has 0 spiro atoms. The van der Waals surface area contributed by atoms with Crippen LogP contribution in [-0.2, 0) is 4.79 Å². The van der Waals surface area contributed by atoms with Crippen LogP contribution in [0.15, 0.2) is 24.3 Å². The third-order valence-corrected chi connectivity index (χ3v) is 4.69. The summed E-state index contributed by atoms with van der Waals surface area (Å²) >= 11 is 0. The summed E-state index contributed by atoms with van der Waals surface area (Å²) in [5, 5.41) is 0. The molecule has 1 aromatic carbocycles. The van der Waals surface area contributed by atoms with Crippen molar-refractivity contribution in [3.63, 3.8) is 0 Å². The Bertz CT molecular complexity index is 556. The van der Waals surface area contributed by atoms with Crippen LogP contribution in [0.5, 0.6) is 11.5 Å². The molecule has 5 nitrogen and oxygen atoms in total. The fraction of sp³-hybridized carbons (Fsp3) is 0.526. The largest absolute Gasteiger partial charge is 0.497 e. The Labute approximate surface area is 144 Å². The maximum Gasteiger partial charge on any atom is 0.246 e. The summed E-state index contributed by atoms with van der Waals surface area (Å²) in [6.07, 6.45) is 5.51. The van der Waals surface area contributed by atoms with Crippen LogP contribution in [0, 0.1) is 0 Å². The number of hydrogen-bond acceptors (Lipinski definition) is 4. The zero-order valence-electron chi connectivity index (χ0n) is 15.1. The van der Waals surface area contributed by atoms with E-state index in [1.54, 1.807) is 20.3 Å². The van der Waals surface area contributed by atoms with Crippen LogP contribution >= 0.6 is 0 Å². The highest BCUT2D eigenvalue weighted by atomic mass is 16.5. The molecule has 132 valence electrons. The molecule has 0 saturated carbocycles. The van der Waals surface area contributed by atoms with E-state index in [4.69, 9.17) is 9.47 Å². The average Bonchev–Trinajstić information content (AvgIpc) is 2.65. The molecule has 0 atom stereocenters. The molecular weight excluding hydrogens is 304 g/mol. The van der Waals surface area contributed by atoms with Crippen molar-refractivity contribution in [3.8, 4) is 11.5 Å². The van der Waals surface area contributed by atoms with E-state index in [9.17, 15) is 4.79 Å². The number of nitrogens with zero attached hydrogens (tertiary/aromatic N) is 2. The number of piperidine rings is 1. The Morgan fingerprint density at radius 2 is 1.79 bits per heavy atom. The molecule has 1 amide bonds. The van der Waals surface area contributed by atoms with Gasteiger partial charge in [-0.1, -0.05) is 6.92 Å². The topological polar surface area (TPSA) is 42.0 Å². The summed E-state index contributed by atoms with van der Waals surface area (Å²) in [6.45, 7) is 5.40. The van der Waals surface area contributed by atoms with Crippen LogP contribution in [0.2, 0.25) is 0 Å². The van der Waals surface area contributed by atoms with Crippen molar-refractivity contribution in [2.24, 2.45) is 0 Å². The number of likely N-dealkylation sites (tertiary alicyclic amines) is 1. The van der Waals surface area contributed by atoms with E-state index >= 15 is 0 Å². The molecule has 1 heterocycles. The van der Waals surface area contributed by atoms with E-state index in [0.29, 0.717) is 17.5 Å². The van der Waals surface area contributed by atoms with Gasteiger partial charge in [-0.25, -0.2) is 0 Å². The number of benzene rings is 1. The highest BCUT2D eigenvalue weighted by molar-refractivity contribution is 5.92. The van der Waals surface area contributed by atoms with Crippen LogP contribution in [0.4, 0.5) is 0 Å². The Kier molecular flexibility index (Phi) is 6.67. The van der Waals surface area contributed by atoms with Crippen molar-refractivity contribution in [1.82, 2.24) is 9.80 Å². The second-order valence-electron chi connectivity index (χ2n) is 6.09. The first-order valence-corrected chi connectivity index (χ1v) is 8.47. The lowest BCUT2D eigenvalue weighted by atomic mass is 10.0. The van der Waals surface area contributed by atoms with Crippen LogP contribution < -0.4 is 9.47 Å². The number of methoxy groups -OCH3 is 2. The SMILES string of the molecule is CCN1CCC(N(C)C(=O)/C=C/c2cc(OC)cc(OC)c2)CC1. The molecule has 1 fully saturated rings. The Balaban J connectivity index is 1.99. The highest BCUT2D eigenvalue weighted by Gasteiger charge is 2.23. The van der Waals surface area contributed by atoms with Crippen molar-refractivity contribution in [3.05, 3.63) is 29.8 Å². The lowest BCUT2D eigenvalue weighted by Gasteiger charge is -2.35. The lowest BCUT2D eigenvalue weighted by molar-refractivity contribution is -0.127. The van der Waals surface area contributed by atoms with E-state index in [2.05, 4.69) is 11.8 Å². The molecule has 0 aliphatic carbocycles. The maximum atomic E-state index is 12.4. The van der Waals surface area contributed by atoms with Gasteiger partial charge in [-0.15, -0.1) is 0 Å². The minimum atomic E-state index is 0.0340. The first-order chi connectivity index (χ1) is 11.6. The molecule has 1 saturated heterocycles. The quantitative estimate of drug-likeness (QED) is 0.751. The van der Waals surface area contributed by atoms with Crippen molar-refractivity contribution < 1.29 is 14.3 Å². The number of carbonyl (C=O) groups excluding carboxylic acids is 1. The summed E-state index contributed by atoms with van der Waals surface area (Å²) in [7, 11) is 5.12. The fourth-order valence-electron chi connectivity index (χ4n) is 3.01. The third kappa shape index (κ3) is 4.74. The minimum Gasteiger partial charge on any atom is -0.497 e. The number of likely N-dealkylation sites (N-methyl/N-ethyl adjacent to an activating group) is 1. The van der Waals surface area contributed by atoms with Gasteiger partial charge < -0.3 is 19.3 Å². The molecule has 1 aliphatic rings. The van der Waals surface area contributed by atoms with Crippen LogP contribution in [0.3, 0.4) is 0 Å². The number of rotatable bonds is 6. The normalized spacial score (nSPS) is 16.3. The predicted octanol–water partition coefficient (Wildman–Crippen LogP) is 2.66. The van der Waals surface area contributed by atoms with E-state index in [-0.39, 0.29) is 5.91 Å². The van der Waals surface area contributed by atoms with Gasteiger partial charge in [0.25, 0.3) is 0 Å². The van der Waals surface area contributed by atoms with Crippen molar-refractivity contribution in [2.75, 3.05) is 40.9 Å². The third-order valence-electron chi connectivity index (χ3n) is 4.69. The zero-order valence-corrected chi connectivity index (χ0v) is 15.1. The lowest BCUT2D eigenvalue weighted by Crippen LogP contribution is -2.45. The van der Waals surface area contributed by atoms with Crippen LogP contribution in [-0.4, -0.2) is 62.7 Å². The molecule has 24 heavy (non-hydrogen) atoms. The smallest absolute Gasteiger partial charge is 0.246 e. The standard InChI is InChI=1S/C19H28N2O3/c1-5-21-10-8-16(9-11-21)20(2)19(22)7-6-15-12-17(23-3)14-18(13-15)24-4/h6-7,12-14,16H,5,8-11H2,1-4H3/b7-6+. The van der Waals surface area contributed by atoms with Gasteiger partial charge >= 0.3 is 0 Å². The summed E-state index contributed by atoms with van der Waals surface area (Å²) in [5.74, 6) is 1.45. The summed E-state index contributed by atoms with van der Waals surface area (Å²) in [5.41, 5.74) is 0.883.